The van der Waals surface area contributed by atoms with Gasteiger partial charge in [-0.3, -0.25) is 0 Å². The van der Waals surface area contributed by atoms with Gasteiger partial charge in [0.15, 0.2) is 0 Å². The Morgan fingerprint density at radius 3 is 1.63 bits per heavy atom. The summed E-state index contributed by atoms with van der Waals surface area (Å²) in [4.78, 5) is 0. The van der Waals surface area contributed by atoms with Crippen LogP contribution in [-0.4, -0.2) is 0 Å². The van der Waals surface area contributed by atoms with Gasteiger partial charge in [-0.2, -0.15) is 0 Å². The van der Waals surface area contributed by atoms with E-state index < -0.39 is 0 Å². The molecule has 0 unspecified atom stereocenters. The first-order valence-electron chi connectivity index (χ1n) is 13.6. The van der Waals surface area contributed by atoms with Crippen LogP contribution in [0.2, 0.25) is 0 Å². The van der Waals surface area contributed by atoms with E-state index in [0.29, 0.717) is 5.92 Å². The minimum atomic E-state index is -0.384. The summed E-state index contributed by atoms with van der Waals surface area (Å²) in [6.45, 7) is 4.57. The molecule has 0 saturated carbocycles. The molecule has 38 heavy (non-hydrogen) atoms. The highest BCUT2D eigenvalue weighted by atomic mass is 14.5. The summed E-state index contributed by atoms with van der Waals surface area (Å²) >= 11 is 0. The maximum Gasteiger partial charge on any atom is 0.0713 e. The fourth-order valence-corrected chi connectivity index (χ4v) is 6.41. The van der Waals surface area contributed by atoms with Crippen molar-refractivity contribution in [2.24, 2.45) is 0 Å². The minimum Gasteiger partial charge on any atom is -0.0622 e. The van der Waals surface area contributed by atoms with Gasteiger partial charge in [0.05, 0.1) is 5.41 Å². The third kappa shape index (κ3) is 3.37. The Bertz CT molecular complexity index is 1740. The van der Waals surface area contributed by atoms with E-state index in [2.05, 4.69) is 153 Å². The van der Waals surface area contributed by atoms with Gasteiger partial charge in [0.25, 0.3) is 0 Å². The number of rotatable bonds is 4. The van der Waals surface area contributed by atoms with E-state index >= 15 is 0 Å². The normalized spacial score (nSPS) is 13.4. The summed E-state index contributed by atoms with van der Waals surface area (Å²) in [5.41, 5.74) is 11.5. The molecule has 0 aromatic heterocycles. The van der Waals surface area contributed by atoms with E-state index in [0.717, 1.165) is 0 Å². The average molecular weight is 487 g/mol. The lowest BCUT2D eigenvalue weighted by Crippen LogP contribution is -2.28. The van der Waals surface area contributed by atoms with Crippen LogP contribution < -0.4 is 0 Å². The van der Waals surface area contributed by atoms with Crippen LogP contribution in [0.15, 0.2) is 140 Å². The van der Waals surface area contributed by atoms with Gasteiger partial charge >= 0.3 is 0 Å². The molecule has 1 aliphatic carbocycles. The SMILES string of the molecule is CC(C)c1ccc2c(c1)C(c1ccccc1)(c1ccccc1)c1cc(-c3ccc4ccccc4c3)ccc1-2. The largest absolute Gasteiger partial charge is 0.0713 e. The number of fused-ring (bicyclic) bond motifs is 4. The molecule has 7 rings (SSSR count). The highest BCUT2D eigenvalue weighted by Crippen LogP contribution is 2.57. The van der Waals surface area contributed by atoms with Gasteiger partial charge in [0, 0.05) is 0 Å². The zero-order valence-corrected chi connectivity index (χ0v) is 21.9. The molecule has 0 nitrogen and oxygen atoms in total. The molecule has 0 radical (unpaired) electrons. The summed E-state index contributed by atoms with van der Waals surface area (Å²) in [7, 11) is 0. The van der Waals surface area contributed by atoms with Crippen LogP contribution in [0.4, 0.5) is 0 Å². The molecule has 0 fully saturated rings. The molecule has 0 N–H and O–H groups in total. The highest BCUT2D eigenvalue weighted by molar-refractivity contribution is 5.91. The lowest BCUT2D eigenvalue weighted by molar-refractivity contribution is 0.762. The first-order valence-corrected chi connectivity index (χ1v) is 13.6. The molecule has 6 aromatic carbocycles. The minimum absolute atomic E-state index is 0.384. The molecule has 0 amide bonds. The zero-order chi connectivity index (χ0) is 25.7. The molecule has 0 saturated heterocycles. The topological polar surface area (TPSA) is 0 Å². The average Bonchev–Trinajstić information content (AvgIpc) is 3.27. The van der Waals surface area contributed by atoms with Crippen LogP contribution in [0.1, 0.15) is 47.6 Å². The molecule has 0 aliphatic heterocycles. The summed E-state index contributed by atoms with van der Waals surface area (Å²) in [6.07, 6.45) is 0. The third-order valence-electron chi connectivity index (χ3n) is 8.32. The lowest BCUT2D eigenvalue weighted by atomic mass is 9.67. The van der Waals surface area contributed by atoms with E-state index in [1.165, 1.54) is 60.8 Å². The van der Waals surface area contributed by atoms with Gasteiger partial charge < -0.3 is 0 Å². The molecule has 0 atom stereocenters. The van der Waals surface area contributed by atoms with Crippen molar-refractivity contribution in [2.45, 2.75) is 25.2 Å². The van der Waals surface area contributed by atoms with Gasteiger partial charge in [-0.25, -0.2) is 0 Å². The van der Waals surface area contributed by atoms with Crippen LogP contribution in [0.5, 0.6) is 0 Å². The zero-order valence-electron chi connectivity index (χ0n) is 21.9. The molecule has 0 spiro atoms. The Labute approximate surface area is 225 Å². The van der Waals surface area contributed by atoms with E-state index in [9.17, 15) is 0 Å². The summed E-state index contributed by atoms with van der Waals surface area (Å²) < 4.78 is 0. The van der Waals surface area contributed by atoms with Crippen LogP contribution in [0, 0.1) is 0 Å². The first-order chi connectivity index (χ1) is 18.7. The second kappa shape index (κ2) is 8.85. The van der Waals surface area contributed by atoms with Crippen molar-refractivity contribution in [3.63, 3.8) is 0 Å². The van der Waals surface area contributed by atoms with Gasteiger partial charge in [0.2, 0.25) is 0 Å². The van der Waals surface area contributed by atoms with Gasteiger partial charge in [-0.1, -0.05) is 141 Å². The smallest absolute Gasteiger partial charge is 0.0622 e. The van der Waals surface area contributed by atoms with E-state index in [1.54, 1.807) is 0 Å². The van der Waals surface area contributed by atoms with Crippen molar-refractivity contribution < 1.29 is 0 Å². The quantitative estimate of drug-likeness (QED) is 0.232. The van der Waals surface area contributed by atoms with E-state index in [-0.39, 0.29) is 5.41 Å². The van der Waals surface area contributed by atoms with Crippen molar-refractivity contribution >= 4 is 10.8 Å². The highest BCUT2D eigenvalue weighted by Gasteiger charge is 2.46. The van der Waals surface area contributed by atoms with Crippen molar-refractivity contribution in [3.8, 4) is 22.3 Å². The van der Waals surface area contributed by atoms with Crippen molar-refractivity contribution in [2.75, 3.05) is 0 Å². The Hall–Kier alpha value is -4.42. The molecule has 6 aromatic rings. The van der Waals surface area contributed by atoms with Crippen molar-refractivity contribution in [3.05, 3.63) is 167 Å². The van der Waals surface area contributed by atoms with Crippen molar-refractivity contribution in [1.29, 1.82) is 0 Å². The second-order valence-corrected chi connectivity index (χ2v) is 10.8. The predicted octanol–water partition coefficient (Wildman–Crippen LogP) is 9.99. The van der Waals surface area contributed by atoms with Crippen LogP contribution in [0.25, 0.3) is 33.0 Å². The number of benzene rings is 6. The molecule has 0 heterocycles. The standard InChI is InChI=1S/C38H30/c1-26(2)28-19-21-34-35-22-20-31(30-18-17-27-11-9-10-12-29(27)23-30)25-37(35)38(36(34)24-28,32-13-5-3-6-14-32)33-15-7-4-8-16-33/h3-26H,1-2H3. The van der Waals surface area contributed by atoms with E-state index in [4.69, 9.17) is 0 Å². The summed E-state index contributed by atoms with van der Waals surface area (Å²) in [5, 5.41) is 2.54. The van der Waals surface area contributed by atoms with E-state index in [1.807, 2.05) is 0 Å². The Morgan fingerprint density at radius 2 is 0.974 bits per heavy atom. The van der Waals surface area contributed by atoms with Crippen LogP contribution in [-0.2, 0) is 5.41 Å². The predicted molar refractivity (Wildman–Crippen MR) is 161 cm³/mol. The Morgan fingerprint density at radius 1 is 0.447 bits per heavy atom. The molecular formula is C38H30. The van der Waals surface area contributed by atoms with Crippen LogP contribution in [0.3, 0.4) is 0 Å². The summed E-state index contributed by atoms with van der Waals surface area (Å²) in [5.74, 6) is 0.460. The van der Waals surface area contributed by atoms with Crippen LogP contribution >= 0.6 is 0 Å². The fraction of sp³-hybridized carbons (Fsp3) is 0.105. The number of hydrogen-bond acceptors (Lipinski definition) is 0. The summed E-state index contributed by atoms with van der Waals surface area (Å²) in [6, 6.07) is 51.8. The molecular weight excluding hydrogens is 456 g/mol. The molecule has 0 heteroatoms. The molecule has 182 valence electrons. The first kappa shape index (κ1) is 22.8. The molecule has 1 aliphatic rings. The monoisotopic (exact) mass is 486 g/mol. The van der Waals surface area contributed by atoms with Gasteiger partial charge in [-0.05, 0) is 78.9 Å². The lowest BCUT2D eigenvalue weighted by Gasteiger charge is -2.34. The fourth-order valence-electron chi connectivity index (χ4n) is 6.41. The Kier molecular flexibility index (Phi) is 5.30. The Balaban J connectivity index is 1.56. The number of hydrogen-bond donors (Lipinski definition) is 0. The second-order valence-electron chi connectivity index (χ2n) is 10.8. The third-order valence-corrected chi connectivity index (χ3v) is 8.32. The molecule has 0 bridgehead atoms. The van der Waals surface area contributed by atoms with Crippen molar-refractivity contribution in [1.82, 2.24) is 0 Å². The maximum absolute atomic E-state index is 2.47. The van der Waals surface area contributed by atoms with Gasteiger partial charge in [0.1, 0.15) is 0 Å². The maximum atomic E-state index is 2.47. The van der Waals surface area contributed by atoms with Gasteiger partial charge in [-0.15, -0.1) is 0 Å².